The van der Waals surface area contributed by atoms with Gasteiger partial charge in [0.25, 0.3) is 11.8 Å². The molecule has 504 valence electrons. The summed E-state index contributed by atoms with van der Waals surface area (Å²) in [5, 5.41) is 19.5. The number of nitrogens with one attached hydrogen (secondary N) is 7. The van der Waals surface area contributed by atoms with Crippen molar-refractivity contribution < 1.29 is 86.1 Å². The number of carbonyl (C=O) groups is 12. The first-order valence-corrected chi connectivity index (χ1v) is 31.2. The molecule has 9 N–H and O–H groups in total. The molecule has 0 spiro atoms. The number of alkyl carbamates (subject to hydrolysis) is 1. The second-order valence-electron chi connectivity index (χ2n) is 24.4. The molecule has 2 saturated heterocycles. The third-order valence-electron chi connectivity index (χ3n) is 15.5. The molecule has 0 saturated carbocycles. The van der Waals surface area contributed by atoms with Crippen molar-refractivity contribution in [1.82, 2.24) is 37.0 Å². The van der Waals surface area contributed by atoms with Gasteiger partial charge in [-0.3, -0.25) is 38.4 Å². The Morgan fingerprint density at radius 3 is 2.14 bits per heavy atom. The Labute approximate surface area is 544 Å². The number of methoxy groups -OCH3 is 1. The van der Waals surface area contributed by atoms with Crippen LogP contribution in [0, 0.1) is 23.2 Å². The van der Waals surface area contributed by atoms with Gasteiger partial charge in [-0.05, 0) is 104 Å². The smallest absolute Gasteiger partial charge is 0.407 e. The molecule has 3 heterocycles. The first kappa shape index (κ1) is 72.9. The van der Waals surface area contributed by atoms with Crippen LogP contribution >= 0.6 is 11.6 Å². The zero-order valence-electron chi connectivity index (χ0n) is 53.4. The lowest BCUT2D eigenvalue weighted by Gasteiger charge is -2.29. The summed E-state index contributed by atoms with van der Waals surface area (Å²) in [5.41, 5.74) is 7.03. The van der Waals surface area contributed by atoms with Crippen molar-refractivity contribution in [2.75, 3.05) is 25.5 Å². The van der Waals surface area contributed by atoms with Crippen molar-refractivity contribution in [1.29, 1.82) is 0 Å². The number of benzene rings is 3. The molecule has 27 nitrogen and oxygen atoms in total. The van der Waals surface area contributed by atoms with Gasteiger partial charge in [0.1, 0.15) is 42.7 Å². The number of carbonyl (C=O) groups excluding carboxylic acids is 12. The molecule has 1 unspecified atom stereocenters. The fourth-order valence-corrected chi connectivity index (χ4v) is 10.2. The normalized spacial score (nSPS) is 20.5. The predicted molar refractivity (Wildman–Crippen MR) is 335 cm³/mol. The number of esters is 2. The summed E-state index contributed by atoms with van der Waals surface area (Å²) in [7, 11) is 1.48. The van der Waals surface area contributed by atoms with E-state index in [1.807, 2.05) is 45.0 Å². The molecule has 0 aliphatic carbocycles. The van der Waals surface area contributed by atoms with Gasteiger partial charge in [-0.2, -0.15) is 0 Å². The molecule has 0 radical (unpaired) electrons. The van der Waals surface area contributed by atoms with Gasteiger partial charge in [0.05, 0.1) is 23.7 Å². The third-order valence-corrected chi connectivity index (χ3v) is 15.8. The maximum atomic E-state index is 14.0. The maximum absolute atomic E-state index is 14.0. The summed E-state index contributed by atoms with van der Waals surface area (Å²) >= 11 is 6.38. The van der Waals surface area contributed by atoms with Gasteiger partial charge < -0.3 is 71.5 Å². The number of anilines is 1. The standard InChI is InChI=1S/C65H84ClN9O18/c1-36(2)30-49-61(84)90-47(13-9-14-50(76)72-46(32-41-21-26-48(88-8)44(66)31-41)58(81)70-35-65(6,7)62(85)91-49)38(5)56-57(92-56)42-22-17-39(18-23-42)33-69-64(87)89-34-40-19-24-43(25-20-40)71-59(82)45(12-11-29-68-63(67)86)73-60(83)55(37(3)4)74-51(77)15-10-16-54(80)93-75-52(78)27-28-53(75)79/h9,14,17-26,31,36-38,45-47,49,55-57H,10-13,15-16,27-30,32-35H2,1-8H3,(H,69,87)(H,70,81)(H,71,82)(H,72,76)(H,73,83)(H,74,77)(H3,67,68,86)/b14-9+/t38-,45-,46+,47-,49-,55?,56-,57-/m0/s1. The van der Waals surface area contributed by atoms with Gasteiger partial charge in [0.15, 0.2) is 6.10 Å². The van der Waals surface area contributed by atoms with E-state index in [-0.39, 0.29) is 96.4 Å². The first-order valence-electron chi connectivity index (χ1n) is 30.8. The Morgan fingerprint density at radius 2 is 1.49 bits per heavy atom. The van der Waals surface area contributed by atoms with Crippen molar-refractivity contribution in [3.05, 3.63) is 106 Å². The van der Waals surface area contributed by atoms with E-state index in [2.05, 4.69) is 37.2 Å². The molecule has 8 atom stereocenters. The average Bonchev–Trinajstić information content (AvgIpc) is 1.64. The molecule has 3 aliphatic rings. The largest absolute Gasteiger partial charge is 0.495 e. The first-order chi connectivity index (χ1) is 44.1. The summed E-state index contributed by atoms with van der Waals surface area (Å²) in [6.45, 7) is 12.1. The molecule has 0 aromatic heterocycles. The molecular formula is C65H84ClN9O18. The van der Waals surface area contributed by atoms with E-state index < -0.39 is 131 Å². The van der Waals surface area contributed by atoms with E-state index >= 15 is 0 Å². The van der Waals surface area contributed by atoms with Gasteiger partial charge in [-0.15, -0.1) is 5.06 Å². The van der Waals surface area contributed by atoms with Gasteiger partial charge >= 0.3 is 30.0 Å². The van der Waals surface area contributed by atoms with Gasteiger partial charge in [0, 0.05) is 69.8 Å². The number of rotatable bonds is 27. The van der Waals surface area contributed by atoms with Crippen LogP contribution in [0.15, 0.2) is 78.9 Å². The molecule has 93 heavy (non-hydrogen) atoms. The van der Waals surface area contributed by atoms with Crippen LogP contribution in [0.1, 0.15) is 135 Å². The molecule has 3 aromatic rings. The molecular weight excluding hydrogens is 1230 g/mol. The summed E-state index contributed by atoms with van der Waals surface area (Å²) in [6, 6.07) is 14.7. The van der Waals surface area contributed by atoms with Crippen LogP contribution in [-0.2, 0) is 91.3 Å². The number of cyclic esters (lactones) is 2. The molecule has 10 amide bonds. The van der Waals surface area contributed by atoms with Crippen LogP contribution in [0.25, 0.3) is 0 Å². The Morgan fingerprint density at radius 1 is 0.817 bits per heavy atom. The number of nitrogens with two attached hydrogens (primary N) is 1. The van der Waals surface area contributed by atoms with Gasteiger partial charge in [0.2, 0.25) is 29.5 Å². The highest BCUT2D eigenvalue weighted by Gasteiger charge is 2.48. The van der Waals surface area contributed by atoms with Crippen LogP contribution in [0.3, 0.4) is 0 Å². The fourth-order valence-electron chi connectivity index (χ4n) is 9.96. The summed E-state index contributed by atoms with van der Waals surface area (Å²) in [5.74, 6) is -7.16. The van der Waals surface area contributed by atoms with E-state index in [1.165, 1.54) is 13.2 Å². The highest BCUT2D eigenvalue weighted by atomic mass is 35.5. The van der Waals surface area contributed by atoms with Crippen molar-refractivity contribution in [2.24, 2.45) is 28.9 Å². The summed E-state index contributed by atoms with van der Waals surface area (Å²) in [4.78, 5) is 160. The van der Waals surface area contributed by atoms with Crippen LogP contribution in [-0.4, -0.2) is 133 Å². The number of hydroxylamine groups is 2. The highest BCUT2D eigenvalue weighted by molar-refractivity contribution is 6.32. The van der Waals surface area contributed by atoms with Crippen molar-refractivity contribution in [2.45, 2.75) is 168 Å². The number of primary amides is 1. The molecule has 2 fully saturated rings. The number of hydrogen-bond donors (Lipinski definition) is 8. The van der Waals surface area contributed by atoms with Gasteiger partial charge in [-0.25, -0.2) is 19.2 Å². The number of halogens is 1. The van der Waals surface area contributed by atoms with E-state index in [9.17, 15) is 57.5 Å². The number of imide groups is 1. The van der Waals surface area contributed by atoms with Gasteiger partial charge in [-0.1, -0.05) is 94.8 Å². The lowest BCUT2D eigenvalue weighted by atomic mass is 9.92. The number of epoxide rings is 1. The number of amides is 10. The predicted octanol–water partition coefficient (Wildman–Crippen LogP) is 5.34. The topological polar surface area (TPSA) is 377 Å². The zero-order valence-corrected chi connectivity index (χ0v) is 54.2. The van der Waals surface area contributed by atoms with Crippen LogP contribution in [0.5, 0.6) is 5.75 Å². The molecule has 3 aromatic carbocycles. The number of nitrogens with zero attached hydrogens (tertiary/aromatic N) is 1. The number of ether oxygens (including phenoxy) is 5. The Bertz CT molecular complexity index is 3220. The van der Waals surface area contributed by atoms with Crippen LogP contribution in [0.4, 0.5) is 15.3 Å². The fraction of sp³-hybridized carbons (Fsp3) is 0.508. The van der Waals surface area contributed by atoms with Crippen molar-refractivity contribution in [3.63, 3.8) is 0 Å². The minimum atomic E-state index is -1.29. The van der Waals surface area contributed by atoms with E-state index in [0.717, 1.165) is 11.1 Å². The molecule has 6 rings (SSSR count). The van der Waals surface area contributed by atoms with Crippen LogP contribution < -0.4 is 47.7 Å². The van der Waals surface area contributed by atoms with E-state index in [1.54, 1.807) is 76.2 Å². The molecule has 3 aliphatic heterocycles. The van der Waals surface area contributed by atoms with Crippen LogP contribution in [0.2, 0.25) is 5.02 Å². The Balaban J connectivity index is 1.000. The Hall–Kier alpha value is -9.11. The quantitative estimate of drug-likeness (QED) is 0.0157. The average molecular weight is 1310 g/mol. The number of urea groups is 1. The summed E-state index contributed by atoms with van der Waals surface area (Å²) < 4.78 is 28.9. The van der Waals surface area contributed by atoms with E-state index in [0.29, 0.717) is 32.6 Å². The summed E-state index contributed by atoms with van der Waals surface area (Å²) in [6.07, 6.45) is -0.859. The second kappa shape index (κ2) is 34.5. The SMILES string of the molecule is COc1ccc(C[C@H]2NC(=O)/C=C/C[C@@H]([C@H](C)[C@@H]3O[C@H]3c3ccc(CNC(=O)OCc4ccc(NC(=O)[C@H](CCCNC(N)=O)NC(=O)C(NC(=O)CCCC(=O)ON5C(=O)CCC5=O)C(C)C)cc4)cc3)OC(=O)[C@H](CC(C)C)OC(=O)C(C)(C)CNC2=O)cc1Cl. The maximum Gasteiger partial charge on any atom is 0.407 e. The lowest BCUT2D eigenvalue weighted by Crippen LogP contribution is -2.54. The third kappa shape index (κ3) is 22.9. The minimum absolute atomic E-state index is 0.0121. The van der Waals surface area contributed by atoms with Crippen molar-refractivity contribution >= 4 is 88.7 Å². The zero-order chi connectivity index (χ0) is 68.1. The second-order valence-corrected chi connectivity index (χ2v) is 24.8. The lowest BCUT2D eigenvalue weighted by molar-refractivity contribution is -0.197. The minimum Gasteiger partial charge on any atom is -0.495 e. The highest BCUT2D eigenvalue weighted by Crippen LogP contribution is 2.45. The molecule has 28 heteroatoms. The molecule has 0 bridgehead atoms. The van der Waals surface area contributed by atoms with E-state index in [4.69, 9.17) is 45.9 Å². The number of hydrogen-bond acceptors (Lipinski definition) is 18. The monoisotopic (exact) mass is 1310 g/mol. The Kier molecular flexibility index (Phi) is 27.1. The van der Waals surface area contributed by atoms with Crippen molar-refractivity contribution in [3.8, 4) is 5.75 Å².